The molecule has 0 saturated heterocycles. The summed E-state index contributed by atoms with van der Waals surface area (Å²) in [5.74, 6) is -1.09. The average Bonchev–Trinajstić information content (AvgIpc) is 3.05. The van der Waals surface area contributed by atoms with Gasteiger partial charge >= 0.3 is 11.9 Å². The molecule has 1 aromatic heterocycles. The van der Waals surface area contributed by atoms with Crippen molar-refractivity contribution < 1.29 is 23.9 Å². The van der Waals surface area contributed by atoms with Crippen LogP contribution >= 0.6 is 34.7 Å². The minimum Gasteiger partial charge on any atom is -0.465 e. The van der Waals surface area contributed by atoms with E-state index in [-0.39, 0.29) is 35.6 Å². The fraction of sp³-hybridized carbons (Fsp3) is 0.316. The molecule has 0 fully saturated rings. The number of anilines is 1. The first-order valence-electron chi connectivity index (χ1n) is 8.54. The largest absolute Gasteiger partial charge is 0.465 e. The van der Waals surface area contributed by atoms with E-state index < -0.39 is 5.97 Å². The van der Waals surface area contributed by atoms with Gasteiger partial charge in [0.2, 0.25) is 5.91 Å². The molecule has 1 N–H and O–H groups in total. The number of amides is 1. The monoisotopic (exact) mass is 441 g/mol. The van der Waals surface area contributed by atoms with Gasteiger partial charge in [0.1, 0.15) is 10.6 Å². The lowest BCUT2D eigenvalue weighted by Crippen LogP contribution is -2.17. The van der Waals surface area contributed by atoms with Crippen molar-refractivity contribution in [3.63, 3.8) is 0 Å². The van der Waals surface area contributed by atoms with Crippen LogP contribution in [-0.4, -0.2) is 42.6 Å². The number of halogens is 1. The van der Waals surface area contributed by atoms with Crippen LogP contribution in [0.2, 0.25) is 5.02 Å². The number of esters is 2. The predicted molar refractivity (Wildman–Crippen MR) is 113 cm³/mol. The third-order valence-electron chi connectivity index (χ3n) is 3.45. The second kappa shape index (κ2) is 11.1. The molecule has 0 aliphatic carbocycles. The highest BCUT2D eigenvalue weighted by molar-refractivity contribution is 8.00. The Kier molecular flexibility index (Phi) is 8.82. The minimum atomic E-state index is -0.534. The van der Waals surface area contributed by atoms with Gasteiger partial charge < -0.3 is 14.8 Å². The number of hydrogen-bond donors (Lipinski definition) is 1. The van der Waals surface area contributed by atoms with E-state index in [1.165, 1.54) is 11.3 Å². The Hall–Kier alpha value is -2.03. The molecule has 150 valence electrons. The zero-order chi connectivity index (χ0) is 20.5. The number of thioether (sulfide) groups is 1. The molecule has 28 heavy (non-hydrogen) atoms. The molecule has 9 heteroatoms. The van der Waals surface area contributed by atoms with Crippen LogP contribution < -0.4 is 5.32 Å². The smallest absolute Gasteiger partial charge is 0.341 e. The number of ether oxygens (including phenoxy) is 2. The summed E-state index contributed by atoms with van der Waals surface area (Å²) >= 11 is 8.63. The maximum atomic E-state index is 12.5. The summed E-state index contributed by atoms with van der Waals surface area (Å²) in [5.41, 5.74) is 1.55. The summed E-state index contributed by atoms with van der Waals surface area (Å²) in [5, 5.41) is 5.37. The minimum absolute atomic E-state index is 0.0560. The quantitative estimate of drug-likeness (QED) is 0.578. The molecule has 6 nitrogen and oxygen atoms in total. The van der Waals surface area contributed by atoms with Gasteiger partial charge in [-0.15, -0.1) is 23.1 Å². The lowest BCUT2D eigenvalue weighted by molar-refractivity contribution is -0.139. The number of hydrogen-bond acceptors (Lipinski definition) is 7. The fourth-order valence-electron chi connectivity index (χ4n) is 2.33. The fourth-order valence-corrected chi connectivity index (χ4v) is 4.14. The molecular weight excluding hydrogens is 422 g/mol. The van der Waals surface area contributed by atoms with E-state index in [0.29, 0.717) is 27.8 Å². The van der Waals surface area contributed by atoms with Crippen molar-refractivity contribution in [2.45, 2.75) is 13.8 Å². The standard InChI is InChI=1S/C19H20ClNO5S2/c1-3-25-16(23)11-27-10-15(22)21-18-17(19(24)26-4-2)13(9-28-18)12-7-5-6-8-14(12)20/h5-9H,3-4,10-11H2,1-2H3,(H,21,22). The van der Waals surface area contributed by atoms with Crippen LogP contribution in [0.25, 0.3) is 11.1 Å². The molecule has 0 aliphatic rings. The lowest BCUT2D eigenvalue weighted by atomic mass is 10.0. The van der Waals surface area contributed by atoms with Gasteiger partial charge in [0.05, 0.1) is 24.7 Å². The van der Waals surface area contributed by atoms with E-state index in [1.807, 2.05) is 6.07 Å². The maximum Gasteiger partial charge on any atom is 0.341 e. The Morgan fingerprint density at radius 1 is 1.07 bits per heavy atom. The van der Waals surface area contributed by atoms with E-state index in [9.17, 15) is 14.4 Å². The Morgan fingerprint density at radius 3 is 2.46 bits per heavy atom. The lowest BCUT2D eigenvalue weighted by Gasteiger charge is -2.09. The zero-order valence-corrected chi connectivity index (χ0v) is 17.8. The van der Waals surface area contributed by atoms with Crippen LogP contribution in [0.1, 0.15) is 24.2 Å². The number of carbonyl (C=O) groups is 3. The van der Waals surface area contributed by atoms with Crippen molar-refractivity contribution in [1.82, 2.24) is 0 Å². The number of thiophene rings is 1. The summed E-state index contributed by atoms with van der Waals surface area (Å²) in [4.78, 5) is 36.1. The van der Waals surface area contributed by atoms with Gasteiger partial charge in [0.15, 0.2) is 0 Å². The van der Waals surface area contributed by atoms with Crippen LogP contribution in [0.15, 0.2) is 29.6 Å². The average molecular weight is 442 g/mol. The molecule has 0 aliphatic heterocycles. The number of carbonyl (C=O) groups excluding carboxylic acids is 3. The van der Waals surface area contributed by atoms with Crippen LogP contribution in [0.3, 0.4) is 0 Å². The number of benzene rings is 1. The summed E-state index contributed by atoms with van der Waals surface area (Å²) in [6, 6.07) is 7.14. The van der Waals surface area contributed by atoms with Crippen molar-refractivity contribution in [2.24, 2.45) is 0 Å². The maximum absolute atomic E-state index is 12.5. The van der Waals surface area contributed by atoms with Gasteiger partial charge in [0, 0.05) is 21.5 Å². The first-order chi connectivity index (χ1) is 13.5. The molecule has 1 aromatic carbocycles. The predicted octanol–water partition coefficient (Wildman–Crippen LogP) is 4.48. The topological polar surface area (TPSA) is 81.7 Å². The summed E-state index contributed by atoms with van der Waals surface area (Å²) < 4.78 is 9.98. The normalized spacial score (nSPS) is 10.4. The highest BCUT2D eigenvalue weighted by Gasteiger charge is 2.23. The molecule has 0 bridgehead atoms. The Balaban J connectivity index is 2.18. The molecule has 2 rings (SSSR count). The van der Waals surface area contributed by atoms with Crippen molar-refractivity contribution >= 4 is 57.5 Å². The molecule has 1 amide bonds. The molecule has 2 aromatic rings. The third kappa shape index (κ3) is 5.98. The van der Waals surface area contributed by atoms with Gasteiger partial charge in [-0.3, -0.25) is 9.59 Å². The first-order valence-corrected chi connectivity index (χ1v) is 11.0. The Morgan fingerprint density at radius 2 is 1.79 bits per heavy atom. The van der Waals surface area contributed by atoms with Crippen LogP contribution in [0.5, 0.6) is 0 Å². The second-order valence-electron chi connectivity index (χ2n) is 5.40. The van der Waals surface area contributed by atoms with Crippen LogP contribution in [-0.2, 0) is 19.1 Å². The van der Waals surface area contributed by atoms with Crippen molar-refractivity contribution in [3.8, 4) is 11.1 Å². The Bertz CT molecular complexity index is 853. The van der Waals surface area contributed by atoms with Gasteiger partial charge in [-0.1, -0.05) is 29.8 Å². The molecule has 0 radical (unpaired) electrons. The van der Waals surface area contributed by atoms with E-state index in [0.717, 1.165) is 11.8 Å². The van der Waals surface area contributed by atoms with E-state index in [2.05, 4.69) is 5.32 Å². The first kappa shape index (κ1) is 22.3. The van der Waals surface area contributed by atoms with Crippen LogP contribution in [0.4, 0.5) is 5.00 Å². The third-order valence-corrected chi connectivity index (χ3v) is 5.58. The number of rotatable bonds is 9. The van der Waals surface area contributed by atoms with Crippen molar-refractivity contribution in [2.75, 3.05) is 30.0 Å². The van der Waals surface area contributed by atoms with Gasteiger partial charge in [-0.05, 0) is 19.9 Å². The Labute approximate surface area is 176 Å². The molecule has 0 atom stereocenters. The summed E-state index contributed by atoms with van der Waals surface area (Å²) in [6.07, 6.45) is 0. The highest BCUT2D eigenvalue weighted by atomic mass is 35.5. The number of nitrogens with one attached hydrogen (secondary N) is 1. The SMILES string of the molecule is CCOC(=O)CSCC(=O)Nc1scc(-c2ccccc2Cl)c1C(=O)OCC. The van der Waals surface area contributed by atoms with E-state index in [1.54, 1.807) is 37.4 Å². The van der Waals surface area contributed by atoms with Crippen molar-refractivity contribution in [3.05, 3.63) is 40.2 Å². The van der Waals surface area contributed by atoms with Gasteiger partial charge in [0.25, 0.3) is 0 Å². The summed E-state index contributed by atoms with van der Waals surface area (Å²) in [6.45, 7) is 3.94. The van der Waals surface area contributed by atoms with Crippen molar-refractivity contribution in [1.29, 1.82) is 0 Å². The van der Waals surface area contributed by atoms with Gasteiger partial charge in [-0.25, -0.2) is 4.79 Å². The molecule has 0 unspecified atom stereocenters. The second-order valence-corrected chi connectivity index (χ2v) is 7.67. The molecule has 0 spiro atoms. The molecule has 0 saturated carbocycles. The molecular formula is C19H20ClNO5S2. The van der Waals surface area contributed by atoms with E-state index in [4.69, 9.17) is 21.1 Å². The zero-order valence-electron chi connectivity index (χ0n) is 15.5. The van der Waals surface area contributed by atoms with Crippen LogP contribution in [0, 0.1) is 0 Å². The molecule has 1 heterocycles. The van der Waals surface area contributed by atoms with E-state index >= 15 is 0 Å². The highest BCUT2D eigenvalue weighted by Crippen LogP contribution is 2.39. The summed E-state index contributed by atoms with van der Waals surface area (Å²) in [7, 11) is 0. The van der Waals surface area contributed by atoms with Gasteiger partial charge in [-0.2, -0.15) is 0 Å².